The van der Waals surface area contributed by atoms with Gasteiger partial charge in [0.1, 0.15) is 0 Å². The maximum atomic E-state index is 14.8. The van der Waals surface area contributed by atoms with Crippen LogP contribution in [-0.2, 0) is 5.41 Å². The van der Waals surface area contributed by atoms with Gasteiger partial charge in [-0.3, -0.25) is 9.59 Å². The highest BCUT2D eigenvalue weighted by atomic mass is 16.2. The zero-order valence-electron chi connectivity index (χ0n) is 26.0. The van der Waals surface area contributed by atoms with Crippen LogP contribution in [0, 0.1) is 0 Å². The van der Waals surface area contributed by atoms with E-state index in [0.717, 1.165) is 44.1 Å². The lowest BCUT2D eigenvalue weighted by molar-refractivity contribution is 0.0926. The lowest BCUT2D eigenvalue weighted by Crippen LogP contribution is -2.30. The molecule has 222 valence electrons. The number of nitrogens with zero attached hydrogens (tertiary/aromatic N) is 2. The van der Waals surface area contributed by atoms with Crippen molar-refractivity contribution in [2.24, 2.45) is 0 Å². The molecule has 0 N–H and O–H groups in total. The number of para-hydroxylation sites is 2. The van der Waals surface area contributed by atoms with Crippen molar-refractivity contribution in [1.82, 2.24) is 4.57 Å². The maximum Gasteiger partial charge on any atom is 0.268 e. The van der Waals surface area contributed by atoms with Gasteiger partial charge < -0.3 is 4.57 Å². The monoisotopic (exact) mass is 596 g/mol. The summed E-state index contributed by atoms with van der Waals surface area (Å²) in [7, 11) is 0. The third kappa shape index (κ3) is 4.21. The molecule has 1 aliphatic rings. The Hall–Kier alpha value is -5.74. The highest BCUT2D eigenvalue weighted by Crippen LogP contribution is 2.45. The summed E-state index contributed by atoms with van der Waals surface area (Å²) in [5, 5.41) is 2.23. The van der Waals surface area contributed by atoms with E-state index in [9.17, 15) is 9.59 Å². The average molecular weight is 597 g/mol. The maximum absolute atomic E-state index is 14.8. The fraction of sp³-hybridized carbons (Fsp3) is 0.0952. The van der Waals surface area contributed by atoms with Gasteiger partial charge >= 0.3 is 0 Å². The molecule has 8 rings (SSSR count). The number of carbonyl (C=O) groups is 2. The van der Waals surface area contributed by atoms with E-state index in [-0.39, 0.29) is 17.2 Å². The molecule has 4 nitrogen and oxygen atoms in total. The predicted molar refractivity (Wildman–Crippen MR) is 188 cm³/mol. The number of fused-ring (bicyclic) bond motifs is 4. The Morgan fingerprint density at radius 3 is 1.72 bits per heavy atom. The molecule has 2 heterocycles. The van der Waals surface area contributed by atoms with Gasteiger partial charge in [-0.05, 0) is 52.4 Å². The van der Waals surface area contributed by atoms with E-state index in [2.05, 4.69) is 55.7 Å². The smallest absolute Gasteiger partial charge is 0.268 e. The van der Waals surface area contributed by atoms with Gasteiger partial charge in [0, 0.05) is 21.9 Å². The number of rotatable bonds is 4. The summed E-state index contributed by atoms with van der Waals surface area (Å²) < 4.78 is 2.14. The first kappa shape index (κ1) is 27.8. The van der Waals surface area contributed by atoms with Gasteiger partial charge in [0.15, 0.2) is 0 Å². The van der Waals surface area contributed by atoms with E-state index in [0.29, 0.717) is 22.5 Å². The van der Waals surface area contributed by atoms with E-state index in [1.54, 1.807) is 6.07 Å². The molecule has 1 aliphatic heterocycles. The van der Waals surface area contributed by atoms with Gasteiger partial charge in [-0.15, -0.1) is 0 Å². The van der Waals surface area contributed by atoms with Crippen LogP contribution < -0.4 is 4.90 Å². The number of aromatic nitrogens is 1. The van der Waals surface area contributed by atoms with Crippen LogP contribution in [0.3, 0.4) is 0 Å². The molecule has 46 heavy (non-hydrogen) atoms. The number of carbonyl (C=O) groups excluding carboxylic acids is 2. The van der Waals surface area contributed by atoms with E-state index in [1.165, 1.54) is 10.5 Å². The van der Waals surface area contributed by atoms with Crippen molar-refractivity contribution in [3.05, 3.63) is 156 Å². The first-order valence-electron chi connectivity index (χ1n) is 15.6. The normalized spacial score (nSPS) is 13.2. The molecule has 0 atom stereocenters. The van der Waals surface area contributed by atoms with E-state index in [4.69, 9.17) is 0 Å². The van der Waals surface area contributed by atoms with E-state index < -0.39 is 0 Å². The highest BCUT2D eigenvalue weighted by molar-refractivity contribution is 6.37. The lowest BCUT2D eigenvalue weighted by atomic mass is 9.86. The number of imide groups is 1. The van der Waals surface area contributed by atoms with Crippen LogP contribution in [-0.4, -0.2) is 16.4 Å². The molecular weight excluding hydrogens is 564 g/mol. The molecule has 0 bridgehead atoms. The van der Waals surface area contributed by atoms with Crippen molar-refractivity contribution >= 4 is 39.3 Å². The third-order valence-electron chi connectivity index (χ3n) is 9.10. The summed E-state index contributed by atoms with van der Waals surface area (Å²) in [6, 6.07) is 46.3. The van der Waals surface area contributed by atoms with Gasteiger partial charge in [-0.1, -0.05) is 130 Å². The summed E-state index contributed by atoms with van der Waals surface area (Å²) in [6.45, 7) is 6.65. The molecule has 2 amide bonds. The van der Waals surface area contributed by atoms with Crippen LogP contribution in [0.4, 0.5) is 5.69 Å². The second-order valence-electron chi connectivity index (χ2n) is 12.9. The second kappa shape index (κ2) is 10.4. The Morgan fingerprint density at radius 1 is 0.500 bits per heavy atom. The molecule has 7 aromatic rings. The second-order valence-corrected chi connectivity index (χ2v) is 12.9. The summed E-state index contributed by atoms with van der Waals surface area (Å²) in [4.78, 5) is 30.7. The Bertz CT molecular complexity index is 2270. The third-order valence-corrected chi connectivity index (χ3v) is 9.10. The summed E-state index contributed by atoms with van der Waals surface area (Å²) in [6.07, 6.45) is 0. The van der Waals surface area contributed by atoms with Crippen molar-refractivity contribution in [2.45, 2.75) is 26.2 Å². The molecule has 0 fully saturated rings. The number of benzene rings is 6. The highest BCUT2D eigenvalue weighted by Gasteiger charge is 2.41. The van der Waals surface area contributed by atoms with Crippen molar-refractivity contribution in [3.8, 4) is 27.9 Å². The number of amides is 2. The van der Waals surface area contributed by atoms with Crippen LogP contribution in [0.15, 0.2) is 140 Å². The Morgan fingerprint density at radius 2 is 1.07 bits per heavy atom. The SMILES string of the molecule is CC(C)(C)c1ccc2c(c1)c1ccccc1n2-c1cccc2c1C(=O)N(c1c(-c3ccccc3)cccc1-c1ccccc1)C2=O. The summed E-state index contributed by atoms with van der Waals surface area (Å²) in [5.41, 5.74) is 8.84. The van der Waals surface area contributed by atoms with Gasteiger partial charge in [-0.2, -0.15) is 0 Å². The van der Waals surface area contributed by atoms with Crippen molar-refractivity contribution in [2.75, 3.05) is 4.90 Å². The van der Waals surface area contributed by atoms with Gasteiger partial charge in [0.05, 0.1) is 33.5 Å². The molecule has 0 unspecified atom stereocenters. The van der Waals surface area contributed by atoms with Crippen LogP contribution in [0.2, 0.25) is 0 Å². The zero-order valence-corrected chi connectivity index (χ0v) is 26.0. The zero-order chi connectivity index (χ0) is 31.6. The van der Waals surface area contributed by atoms with Crippen LogP contribution in [0.25, 0.3) is 49.7 Å². The summed E-state index contributed by atoms with van der Waals surface area (Å²) in [5.74, 6) is -0.647. The quantitative estimate of drug-likeness (QED) is 0.190. The minimum absolute atomic E-state index is 0.0170. The van der Waals surface area contributed by atoms with Crippen LogP contribution in [0.5, 0.6) is 0 Å². The fourth-order valence-electron chi connectivity index (χ4n) is 6.84. The molecule has 0 radical (unpaired) electrons. The van der Waals surface area contributed by atoms with Crippen LogP contribution >= 0.6 is 0 Å². The lowest BCUT2D eigenvalue weighted by Gasteiger charge is -2.23. The molecule has 4 heteroatoms. The van der Waals surface area contributed by atoms with Crippen molar-refractivity contribution in [1.29, 1.82) is 0 Å². The molecule has 1 aromatic heterocycles. The molecule has 0 saturated carbocycles. The van der Waals surface area contributed by atoms with E-state index in [1.807, 2.05) is 103 Å². The van der Waals surface area contributed by atoms with E-state index >= 15 is 0 Å². The number of hydrogen-bond acceptors (Lipinski definition) is 2. The fourth-order valence-corrected chi connectivity index (χ4v) is 6.84. The molecule has 0 saturated heterocycles. The van der Waals surface area contributed by atoms with Crippen LogP contribution in [0.1, 0.15) is 47.1 Å². The number of anilines is 1. The predicted octanol–water partition coefficient (Wildman–Crippen LogP) is 10.2. The topological polar surface area (TPSA) is 42.3 Å². The van der Waals surface area contributed by atoms with Gasteiger partial charge in [0.25, 0.3) is 11.8 Å². The average Bonchev–Trinajstić information content (AvgIpc) is 3.55. The van der Waals surface area contributed by atoms with Gasteiger partial charge in [0.2, 0.25) is 0 Å². The van der Waals surface area contributed by atoms with Crippen molar-refractivity contribution in [3.63, 3.8) is 0 Å². The molecular formula is C42H32N2O2. The number of hydrogen-bond donors (Lipinski definition) is 0. The largest absolute Gasteiger partial charge is 0.308 e. The Balaban J connectivity index is 1.38. The minimum atomic E-state index is -0.326. The standard InChI is InChI=1S/C42H32N2O2/c1-42(2,3)29-24-25-36-34(26-29)32-18-10-11-22-35(32)43(36)37-23-13-21-33-38(37)41(46)44(40(33)45)39-30(27-14-6-4-7-15-27)19-12-20-31(39)28-16-8-5-9-17-28/h4-26H,1-3H3. The molecule has 6 aromatic carbocycles. The molecule has 0 spiro atoms. The first-order chi connectivity index (χ1) is 22.3. The Kier molecular flexibility index (Phi) is 6.29. The van der Waals surface area contributed by atoms with Gasteiger partial charge in [-0.25, -0.2) is 4.90 Å². The Labute approximate surface area is 268 Å². The molecule has 0 aliphatic carbocycles. The summed E-state index contributed by atoms with van der Waals surface area (Å²) >= 11 is 0. The minimum Gasteiger partial charge on any atom is -0.308 e. The van der Waals surface area contributed by atoms with Crippen molar-refractivity contribution < 1.29 is 9.59 Å². The first-order valence-corrected chi connectivity index (χ1v) is 15.6.